The van der Waals surface area contributed by atoms with Crippen molar-refractivity contribution in [2.45, 2.75) is 18.9 Å². The molecule has 0 fully saturated rings. The number of rotatable bonds is 9. The van der Waals surface area contributed by atoms with Gasteiger partial charge in [-0.05, 0) is 25.2 Å². The van der Waals surface area contributed by atoms with Crippen molar-refractivity contribution in [3.63, 3.8) is 0 Å². The van der Waals surface area contributed by atoms with E-state index in [2.05, 4.69) is 53.8 Å². The molecular formula is C25H29N4O+. The van der Waals surface area contributed by atoms with Crippen molar-refractivity contribution in [3.05, 3.63) is 102 Å². The Morgan fingerprint density at radius 1 is 0.933 bits per heavy atom. The minimum absolute atomic E-state index is 0.0751. The summed E-state index contributed by atoms with van der Waals surface area (Å²) in [6.45, 7) is 1.03. The first-order valence-corrected chi connectivity index (χ1v) is 10.1. The maximum absolute atomic E-state index is 12.5. The Balaban J connectivity index is 1.85. The Morgan fingerprint density at radius 2 is 1.53 bits per heavy atom. The van der Waals surface area contributed by atoms with Crippen molar-refractivity contribution in [2.75, 3.05) is 20.6 Å². The van der Waals surface area contributed by atoms with Gasteiger partial charge in [0.05, 0.1) is 5.71 Å². The molecule has 0 aliphatic heterocycles. The summed E-state index contributed by atoms with van der Waals surface area (Å²) >= 11 is 0. The lowest BCUT2D eigenvalue weighted by atomic mass is 9.90. The number of amides is 1. The van der Waals surface area contributed by atoms with Crippen LogP contribution in [0.4, 0.5) is 0 Å². The van der Waals surface area contributed by atoms with Crippen molar-refractivity contribution in [1.82, 2.24) is 10.3 Å². The molecule has 0 spiro atoms. The SMILES string of the molecule is CN(C)C[C@@H](/C(Cc1ccccc1)=N\NC(=O)C[n+]1ccccc1)c1ccccc1. The van der Waals surface area contributed by atoms with Crippen LogP contribution in [0.3, 0.4) is 0 Å². The van der Waals surface area contributed by atoms with Gasteiger partial charge >= 0.3 is 5.91 Å². The van der Waals surface area contributed by atoms with E-state index in [0.717, 1.165) is 12.3 Å². The van der Waals surface area contributed by atoms with E-state index < -0.39 is 0 Å². The van der Waals surface area contributed by atoms with E-state index in [1.807, 2.05) is 71.6 Å². The zero-order chi connectivity index (χ0) is 21.2. The molecule has 0 unspecified atom stereocenters. The molecule has 1 N–H and O–H groups in total. The lowest BCUT2D eigenvalue weighted by Gasteiger charge is -2.23. The molecule has 1 heterocycles. The highest BCUT2D eigenvalue weighted by Gasteiger charge is 2.21. The van der Waals surface area contributed by atoms with Crippen LogP contribution in [-0.4, -0.2) is 37.2 Å². The minimum atomic E-state index is -0.145. The Bertz CT molecular complexity index is 941. The Hall–Kier alpha value is -3.31. The summed E-state index contributed by atoms with van der Waals surface area (Å²) < 4.78 is 1.83. The topological polar surface area (TPSA) is 48.6 Å². The first-order chi connectivity index (χ1) is 14.6. The highest BCUT2D eigenvalue weighted by Crippen LogP contribution is 2.21. The third-order valence-electron chi connectivity index (χ3n) is 4.81. The number of carbonyl (C=O) groups excluding carboxylic acids is 1. The van der Waals surface area contributed by atoms with E-state index in [0.29, 0.717) is 6.42 Å². The molecule has 1 atom stereocenters. The van der Waals surface area contributed by atoms with Crippen LogP contribution in [0, 0.1) is 0 Å². The number of carbonyl (C=O) groups is 1. The standard InChI is InChI=1S/C25H28N4O/c1-28(2)19-23(22-14-8-4-9-15-22)24(18-21-12-6-3-7-13-21)26-27-25(30)20-29-16-10-5-11-17-29/h3-17,23H,18-20H2,1-2H3/p+1/b26-24-/t23-/m1/s1. The van der Waals surface area contributed by atoms with Crippen LogP contribution in [0.5, 0.6) is 0 Å². The van der Waals surface area contributed by atoms with Crippen molar-refractivity contribution in [1.29, 1.82) is 0 Å². The van der Waals surface area contributed by atoms with Gasteiger partial charge in [0, 0.05) is 31.0 Å². The van der Waals surface area contributed by atoms with Crippen LogP contribution >= 0.6 is 0 Å². The van der Waals surface area contributed by atoms with Crippen molar-refractivity contribution >= 4 is 11.6 Å². The molecule has 3 rings (SSSR count). The molecule has 0 bridgehead atoms. The van der Waals surface area contributed by atoms with E-state index in [9.17, 15) is 4.79 Å². The summed E-state index contributed by atoms with van der Waals surface area (Å²) in [4.78, 5) is 14.7. The fourth-order valence-corrected chi connectivity index (χ4v) is 3.37. The van der Waals surface area contributed by atoms with E-state index >= 15 is 0 Å². The van der Waals surface area contributed by atoms with Gasteiger partial charge in [0.2, 0.25) is 6.54 Å². The number of likely N-dealkylation sites (N-methyl/N-ethyl adjacent to an activating group) is 1. The van der Waals surface area contributed by atoms with Crippen LogP contribution in [0.2, 0.25) is 0 Å². The number of nitrogens with one attached hydrogen (secondary N) is 1. The Labute approximate surface area is 178 Å². The van der Waals surface area contributed by atoms with E-state index in [1.54, 1.807) is 0 Å². The van der Waals surface area contributed by atoms with Gasteiger partial charge in [0.1, 0.15) is 0 Å². The van der Waals surface area contributed by atoms with E-state index in [4.69, 9.17) is 0 Å². The van der Waals surface area contributed by atoms with Gasteiger partial charge in [-0.2, -0.15) is 9.67 Å². The second-order valence-corrected chi connectivity index (χ2v) is 7.57. The third-order valence-corrected chi connectivity index (χ3v) is 4.81. The molecule has 3 aromatic rings. The smallest absolute Gasteiger partial charge is 0.305 e. The Kier molecular flexibility index (Phi) is 7.86. The minimum Gasteiger partial charge on any atom is -0.308 e. The maximum atomic E-state index is 12.5. The lowest BCUT2D eigenvalue weighted by Crippen LogP contribution is -2.41. The molecule has 0 aliphatic rings. The van der Waals surface area contributed by atoms with Crippen LogP contribution in [0.1, 0.15) is 17.0 Å². The monoisotopic (exact) mass is 401 g/mol. The number of pyridine rings is 1. The second-order valence-electron chi connectivity index (χ2n) is 7.57. The van der Waals surface area contributed by atoms with Gasteiger partial charge in [0.25, 0.3) is 0 Å². The van der Waals surface area contributed by atoms with Crippen LogP contribution in [0.15, 0.2) is 96.4 Å². The largest absolute Gasteiger partial charge is 0.308 e. The first-order valence-electron chi connectivity index (χ1n) is 10.1. The molecule has 154 valence electrons. The average molecular weight is 402 g/mol. The molecule has 0 saturated heterocycles. The molecule has 1 aromatic heterocycles. The molecule has 5 heteroatoms. The number of nitrogens with zero attached hydrogens (tertiary/aromatic N) is 3. The van der Waals surface area contributed by atoms with Crippen LogP contribution in [0.25, 0.3) is 0 Å². The predicted molar refractivity (Wildman–Crippen MR) is 120 cm³/mol. The van der Waals surface area contributed by atoms with E-state index in [1.165, 1.54) is 11.1 Å². The molecule has 5 nitrogen and oxygen atoms in total. The van der Waals surface area contributed by atoms with Gasteiger partial charge < -0.3 is 4.90 Å². The van der Waals surface area contributed by atoms with Crippen molar-refractivity contribution in [2.24, 2.45) is 5.10 Å². The summed E-state index contributed by atoms with van der Waals surface area (Å²) in [5.74, 6) is -0.0699. The zero-order valence-electron chi connectivity index (χ0n) is 17.6. The molecule has 2 aromatic carbocycles. The first kappa shape index (κ1) is 21.4. The van der Waals surface area contributed by atoms with Gasteiger partial charge in [0.15, 0.2) is 12.4 Å². The zero-order valence-corrected chi connectivity index (χ0v) is 17.6. The van der Waals surface area contributed by atoms with Gasteiger partial charge in [-0.25, -0.2) is 5.43 Å². The fourth-order valence-electron chi connectivity index (χ4n) is 3.37. The number of hydrogen-bond acceptors (Lipinski definition) is 3. The van der Waals surface area contributed by atoms with Gasteiger partial charge in [-0.3, -0.25) is 4.79 Å². The van der Waals surface area contributed by atoms with Crippen molar-refractivity contribution in [3.8, 4) is 0 Å². The molecule has 1 amide bonds. The molecule has 0 aliphatic carbocycles. The predicted octanol–water partition coefficient (Wildman–Crippen LogP) is 3.03. The molecule has 0 saturated carbocycles. The maximum Gasteiger partial charge on any atom is 0.305 e. The number of aromatic nitrogens is 1. The summed E-state index contributed by atoms with van der Waals surface area (Å²) in [6, 6.07) is 26.3. The van der Waals surface area contributed by atoms with Crippen LogP contribution < -0.4 is 9.99 Å². The average Bonchev–Trinajstić information content (AvgIpc) is 2.77. The second kappa shape index (κ2) is 11.0. The third kappa shape index (κ3) is 6.64. The lowest BCUT2D eigenvalue weighted by molar-refractivity contribution is -0.684. The summed E-state index contributed by atoms with van der Waals surface area (Å²) in [7, 11) is 4.11. The quantitative estimate of drug-likeness (QED) is 0.340. The van der Waals surface area contributed by atoms with Gasteiger partial charge in [-0.1, -0.05) is 66.7 Å². The molecule has 0 radical (unpaired) electrons. The normalized spacial score (nSPS) is 12.6. The molecular weight excluding hydrogens is 372 g/mol. The fraction of sp³-hybridized carbons (Fsp3) is 0.240. The van der Waals surface area contributed by atoms with Crippen molar-refractivity contribution < 1.29 is 9.36 Å². The summed E-state index contributed by atoms with van der Waals surface area (Å²) in [5.41, 5.74) is 6.08. The van der Waals surface area contributed by atoms with Crippen LogP contribution in [-0.2, 0) is 17.8 Å². The highest BCUT2D eigenvalue weighted by atomic mass is 16.2. The molecule has 30 heavy (non-hydrogen) atoms. The highest BCUT2D eigenvalue weighted by molar-refractivity contribution is 5.93. The Morgan fingerprint density at radius 3 is 2.17 bits per heavy atom. The number of hydrazone groups is 1. The summed E-state index contributed by atoms with van der Waals surface area (Å²) in [5, 5.41) is 4.62. The number of benzene rings is 2. The van der Waals surface area contributed by atoms with Gasteiger partial charge in [-0.15, -0.1) is 0 Å². The number of hydrogen-bond donors (Lipinski definition) is 1. The summed E-state index contributed by atoms with van der Waals surface area (Å²) in [6.07, 6.45) is 4.41. The van der Waals surface area contributed by atoms with E-state index in [-0.39, 0.29) is 18.4 Å².